The lowest BCUT2D eigenvalue weighted by atomic mass is 10.1. The Kier molecular flexibility index (Phi) is 9.45. The van der Waals surface area contributed by atoms with E-state index in [1.165, 1.54) is 24.3 Å². The summed E-state index contributed by atoms with van der Waals surface area (Å²) in [6.45, 7) is 5.13. The predicted molar refractivity (Wildman–Crippen MR) is 98.5 cm³/mol. The molecule has 1 fully saturated rings. The minimum atomic E-state index is -0.366. The van der Waals surface area contributed by atoms with E-state index in [0.29, 0.717) is 31.0 Å². The molecule has 1 aromatic rings. The van der Waals surface area contributed by atoms with Crippen molar-refractivity contribution in [2.75, 3.05) is 26.2 Å². The molecule has 0 bridgehead atoms. The van der Waals surface area contributed by atoms with Crippen LogP contribution in [0.3, 0.4) is 0 Å². The summed E-state index contributed by atoms with van der Waals surface area (Å²) in [5.41, 5.74) is 0.423. The van der Waals surface area contributed by atoms with Gasteiger partial charge in [0.15, 0.2) is 0 Å². The maximum absolute atomic E-state index is 12.8. The van der Waals surface area contributed by atoms with E-state index >= 15 is 0 Å². The number of hydrogen-bond acceptors (Lipinski definition) is 3. The lowest BCUT2D eigenvalue weighted by Gasteiger charge is -2.28. The first-order valence-corrected chi connectivity index (χ1v) is 8.65. The third kappa shape index (κ3) is 6.63. The van der Waals surface area contributed by atoms with Crippen LogP contribution >= 0.6 is 12.4 Å². The standard InChI is InChI=1S/C18H26FN3O2.ClH/c1-2-12-22(16-9-11-20-13-16)17(23)4-3-10-21-18(24)14-5-7-15(19)8-6-14;/h5-8,16,20H,2-4,9-13H2,1H3,(H,21,24);1H. The van der Waals surface area contributed by atoms with Crippen LogP contribution in [-0.2, 0) is 4.79 Å². The van der Waals surface area contributed by atoms with E-state index in [1.54, 1.807) is 0 Å². The molecule has 5 nitrogen and oxygen atoms in total. The highest BCUT2D eigenvalue weighted by Crippen LogP contribution is 2.12. The van der Waals surface area contributed by atoms with Crippen LogP contribution in [0.1, 0.15) is 43.0 Å². The summed E-state index contributed by atoms with van der Waals surface area (Å²) in [6, 6.07) is 5.72. The number of rotatable bonds is 8. The average Bonchev–Trinajstić information content (AvgIpc) is 3.11. The molecule has 1 aliphatic heterocycles. The molecule has 0 spiro atoms. The molecule has 1 atom stereocenters. The van der Waals surface area contributed by atoms with Gasteiger partial charge in [0.2, 0.25) is 5.91 Å². The van der Waals surface area contributed by atoms with E-state index in [-0.39, 0.29) is 30.0 Å². The van der Waals surface area contributed by atoms with Crippen molar-refractivity contribution in [3.05, 3.63) is 35.6 Å². The predicted octanol–water partition coefficient (Wildman–Crippen LogP) is 2.36. The molecule has 1 unspecified atom stereocenters. The maximum Gasteiger partial charge on any atom is 0.251 e. The first-order valence-electron chi connectivity index (χ1n) is 8.65. The van der Waals surface area contributed by atoms with Crippen LogP contribution in [0.4, 0.5) is 4.39 Å². The van der Waals surface area contributed by atoms with Gasteiger partial charge in [0.1, 0.15) is 5.82 Å². The zero-order chi connectivity index (χ0) is 17.4. The number of amides is 2. The molecule has 2 amide bonds. The third-order valence-electron chi connectivity index (χ3n) is 4.22. The molecular formula is C18H27ClFN3O2. The number of carbonyl (C=O) groups excluding carboxylic acids is 2. The minimum Gasteiger partial charge on any atom is -0.352 e. The lowest BCUT2D eigenvalue weighted by Crippen LogP contribution is -2.42. The zero-order valence-corrected chi connectivity index (χ0v) is 15.4. The topological polar surface area (TPSA) is 61.4 Å². The van der Waals surface area contributed by atoms with Crippen molar-refractivity contribution >= 4 is 24.2 Å². The van der Waals surface area contributed by atoms with E-state index in [1.807, 2.05) is 4.90 Å². The van der Waals surface area contributed by atoms with Crippen molar-refractivity contribution in [2.24, 2.45) is 0 Å². The van der Waals surface area contributed by atoms with E-state index in [0.717, 1.165) is 32.5 Å². The summed E-state index contributed by atoms with van der Waals surface area (Å²) in [5, 5.41) is 6.06. The van der Waals surface area contributed by atoms with Crippen LogP contribution in [0, 0.1) is 5.82 Å². The second kappa shape index (κ2) is 11.1. The molecule has 0 aromatic heterocycles. The van der Waals surface area contributed by atoms with E-state index in [9.17, 15) is 14.0 Å². The zero-order valence-electron chi connectivity index (χ0n) is 14.6. The molecule has 0 radical (unpaired) electrons. The van der Waals surface area contributed by atoms with Gasteiger partial charge in [-0.2, -0.15) is 0 Å². The molecule has 0 aliphatic carbocycles. The molecule has 1 aliphatic rings. The Morgan fingerprint density at radius 3 is 2.64 bits per heavy atom. The van der Waals surface area contributed by atoms with Gasteiger partial charge in [0, 0.05) is 37.7 Å². The van der Waals surface area contributed by atoms with Crippen LogP contribution in [0.5, 0.6) is 0 Å². The lowest BCUT2D eigenvalue weighted by molar-refractivity contribution is -0.133. The molecule has 25 heavy (non-hydrogen) atoms. The van der Waals surface area contributed by atoms with E-state index < -0.39 is 0 Å². The van der Waals surface area contributed by atoms with Gasteiger partial charge in [-0.15, -0.1) is 12.4 Å². The number of nitrogens with zero attached hydrogens (tertiary/aromatic N) is 1. The van der Waals surface area contributed by atoms with Gasteiger partial charge in [-0.05, 0) is 50.1 Å². The molecule has 1 heterocycles. The van der Waals surface area contributed by atoms with Gasteiger partial charge in [0.25, 0.3) is 5.91 Å². The summed E-state index contributed by atoms with van der Waals surface area (Å²) in [7, 11) is 0. The quantitative estimate of drug-likeness (QED) is 0.689. The van der Waals surface area contributed by atoms with E-state index in [4.69, 9.17) is 0 Å². The first kappa shape index (κ1) is 21.4. The monoisotopic (exact) mass is 371 g/mol. The molecule has 2 rings (SSSR count). The fourth-order valence-electron chi connectivity index (χ4n) is 2.95. The number of hydrogen-bond donors (Lipinski definition) is 2. The van der Waals surface area contributed by atoms with Crippen LogP contribution in [-0.4, -0.2) is 48.9 Å². The van der Waals surface area contributed by atoms with Crippen molar-refractivity contribution in [3.63, 3.8) is 0 Å². The van der Waals surface area contributed by atoms with Crippen molar-refractivity contribution in [2.45, 2.75) is 38.6 Å². The van der Waals surface area contributed by atoms with E-state index in [2.05, 4.69) is 17.6 Å². The summed E-state index contributed by atoms with van der Waals surface area (Å²) in [5.74, 6) is -0.455. The van der Waals surface area contributed by atoms with Crippen LogP contribution < -0.4 is 10.6 Å². The fourth-order valence-corrected chi connectivity index (χ4v) is 2.95. The number of halogens is 2. The van der Waals surface area contributed by atoms with Crippen molar-refractivity contribution in [1.29, 1.82) is 0 Å². The highest BCUT2D eigenvalue weighted by Gasteiger charge is 2.25. The highest BCUT2D eigenvalue weighted by atomic mass is 35.5. The van der Waals surface area contributed by atoms with Crippen LogP contribution in [0.25, 0.3) is 0 Å². The Labute approximate surface area is 154 Å². The molecule has 0 saturated carbocycles. The van der Waals surface area contributed by atoms with Gasteiger partial charge in [0.05, 0.1) is 0 Å². The number of benzene rings is 1. The second-order valence-corrected chi connectivity index (χ2v) is 6.10. The minimum absolute atomic E-state index is 0. The Morgan fingerprint density at radius 2 is 2.04 bits per heavy atom. The Morgan fingerprint density at radius 1 is 1.32 bits per heavy atom. The van der Waals surface area contributed by atoms with Crippen molar-refractivity contribution < 1.29 is 14.0 Å². The summed E-state index contributed by atoms with van der Waals surface area (Å²) >= 11 is 0. The van der Waals surface area contributed by atoms with Crippen LogP contribution in [0.2, 0.25) is 0 Å². The third-order valence-corrected chi connectivity index (χ3v) is 4.22. The molecule has 1 aromatic carbocycles. The number of nitrogens with one attached hydrogen (secondary N) is 2. The van der Waals surface area contributed by atoms with Crippen molar-refractivity contribution in [3.8, 4) is 0 Å². The highest BCUT2D eigenvalue weighted by molar-refractivity contribution is 5.94. The Balaban J connectivity index is 0.00000312. The molecule has 7 heteroatoms. The smallest absolute Gasteiger partial charge is 0.251 e. The molecule has 140 valence electrons. The number of carbonyl (C=O) groups is 2. The first-order chi connectivity index (χ1) is 11.6. The summed E-state index contributed by atoms with van der Waals surface area (Å²) in [6.07, 6.45) is 2.99. The molecular weight excluding hydrogens is 345 g/mol. The Bertz CT molecular complexity index is 548. The molecule has 2 N–H and O–H groups in total. The SMILES string of the molecule is CCCN(C(=O)CCCNC(=O)c1ccc(F)cc1)C1CCNC1.Cl. The van der Waals surface area contributed by atoms with Gasteiger partial charge >= 0.3 is 0 Å². The van der Waals surface area contributed by atoms with Gasteiger partial charge < -0.3 is 15.5 Å². The summed E-state index contributed by atoms with van der Waals surface area (Å²) < 4.78 is 12.8. The fraction of sp³-hybridized carbons (Fsp3) is 0.556. The van der Waals surface area contributed by atoms with Gasteiger partial charge in [-0.1, -0.05) is 6.92 Å². The largest absolute Gasteiger partial charge is 0.352 e. The summed E-state index contributed by atoms with van der Waals surface area (Å²) in [4.78, 5) is 26.3. The van der Waals surface area contributed by atoms with Gasteiger partial charge in [-0.3, -0.25) is 9.59 Å². The van der Waals surface area contributed by atoms with Crippen molar-refractivity contribution in [1.82, 2.24) is 15.5 Å². The van der Waals surface area contributed by atoms with Gasteiger partial charge in [-0.25, -0.2) is 4.39 Å². The average molecular weight is 372 g/mol. The second-order valence-electron chi connectivity index (χ2n) is 6.10. The normalized spacial score (nSPS) is 16.2. The maximum atomic E-state index is 12.8. The van der Waals surface area contributed by atoms with Crippen LogP contribution in [0.15, 0.2) is 24.3 Å². The molecule has 1 saturated heterocycles. The Hall–Kier alpha value is -1.66.